The van der Waals surface area contributed by atoms with Gasteiger partial charge in [0.15, 0.2) is 0 Å². The van der Waals surface area contributed by atoms with Crippen molar-refractivity contribution in [2.24, 2.45) is 5.73 Å². The molecule has 0 radical (unpaired) electrons. The van der Waals surface area contributed by atoms with Crippen molar-refractivity contribution in [1.82, 2.24) is 4.90 Å². The van der Waals surface area contributed by atoms with Gasteiger partial charge in [0.25, 0.3) is 5.91 Å². The lowest BCUT2D eigenvalue weighted by molar-refractivity contribution is -0.137. The number of nitrogens with two attached hydrogens (primary N) is 1. The van der Waals surface area contributed by atoms with Crippen molar-refractivity contribution in [2.75, 3.05) is 0 Å². The van der Waals surface area contributed by atoms with Crippen LogP contribution in [0.3, 0.4) is 0 Å². The first-order valence-electron chi connectivity index (χ1n) is 6.49. The van der Waals surface area contributed by atoms with E-state index in [9.17, 15) is 19.2 Å². The number of carbonyl (C=O) groups excluding carboxylic acids is 2. The highest BCUT2D eigenvalue weighted by Crippen LogP contribution is 2.27. The molecule has 0 unspecified atom stereocenters. The summed E-state index contributed by atoms with van der Waals surface area (Å²) in [6, 6.07) is 3.02. The van der Waals surface area contributed by atoms with Gasteiger partial charge in [-0.1, -0.05) is 0 Å². The molecule has 8 nitrogen and oxygen atoms in total. The van der Waals surface area contributed by atoms with E-state index in [2.05, 4.69) is 0 Å². The van der Waals surface area contributed by atoms with Gasteiger partial charge in [0.1, 0.15) is 6.04 Å². The number of amides is 2. The fraction of sp³-hybridized carbons (Fsp3) is 0.286. The van der Waals surface area contributed by atoms with Crippen LogP contribution in [-0.2, 0) is 16.1 Å². The van der Waals surface area contributed by atoms with E-state index in [-0.39, 0.29) is 24.9 Å². The van der Waals surface area contributed by atoms with Gasteiger partial charge in [-0.15, -0.1) is 0 Å². The molecule has 116 valence electrons. The summed E-state index contributed by atoms with van der Waals surface area (Å²) in [7, 11) is 0. The van der Waals surface area contributed by atoms with Gasteiger partial charge in [0.05, 0.1) is 5.56 Å². The molecule has 0 aromatic heterocycles. The summed E-state index contributed by atoms with van der Waals surface area (Å²) in [6.07, 6.45) is -0.385. The minimum absolute atomic E-state index is 0.0303. The zero-order chi connectivity index (χ0) is 16.4. The summed E-state index contributed by atoms with van der Waals surface area (Å²) in [5.74, 6) is -3.46. The lowest BCUT2D eigenvalue weighted by Gasteiger charge is -2.24. The number of carboxylic acid groups (broad SMARTS) is 2. The third-order valence-electron chi connectivity index (χ3n) is 3.52. The number of carboxylic acids is 2. The fourth-order valence-electron chi connectivity index (χ4n) is 2.44. The summed E-state index contributed by atoms with van der Waals surface area (Å²) in [6.45, 7) is 0.0303. The van der Waals surface area contributed by atoms with Crippen LogP contribution in [0.1, 0.15) is 39.1 Å². The van der Waals surface area contributed by atoms with E-state index < -0.39 is 29.8 Å². The van der Waals surface area contributed by atoms with E-state index >= 15 is 0 Å². The highest BCUT2D eigenvalue weighted by Gasteiger charge is 2.35. The molecule has 1 aromatic rings. The second kappa shape index (κ2) is 5.84. The van der Waals surface area contributed by atoms with Gasteiger partial charge < -0.3 is 20.8 Å². The van der Waals surface area contributed by atoms with Crippen molar-refractivity contribution in [3.05, 3.63) is 34.9 Å². The van der Waals surface area contributed by atoms with Gasteiger partial charge in [-0.05, 0) is 30.2 Å². The summed E-state index contributed by atoms with van der Waals surface area (Å²) in [5, 5.41) is 17.7. The van der Waals surface area contributed by atoms with E-state index in [4.69, 9.17) is 15.9 Å². The summed E-state index contributed by atoms with van der Waals surface area (Å²) >= 11 is 0. The average Bonchev–Trinajstić information content (AvgIpc) is 2.75. The Morgan fingerprint density at radius 1 is 1.27 bits per heavy atom. The molecular weight excluding hydrogens is 292 g/mol. The van der Waals surface area contributed by atoms with Gasteiger partial charge in [0, 0.05) is 18.5 Å². The SMILES string of the molecule is NC(=O)[C@@H](CCC(=O)O)N1Cc2cc(C(=O)O)ccc2C1=O. The first kappa shape index (κ1) is 15.5. The highest BCUT2D eigenvalue weighted by atomic mass is 16.4. The third-order valence-corrected chi connectivity index (χ3v) is 3.52. The molecule has 0 spiro atoms. The fourth-order valence-corrected chi connectivity index (χ4v) is 2.44. The molecular formula is C14H14N2O6. The molecule has 4 N–H and O–H groups in total. The molecule has 1 aliphatic heterocycles. The lowest BCUT2D eigenvalue weighted by Crippen LogP contribution is -2.45. The van der Waals surface area contributed by atoms with Crippen LogP contribution in [0, 0.1) is 0 Å². The third kappa shape index (κ3) is 2.90. The number of hydrogen-bond donors (Lipinski definition) is 3. The van der Waals surface area contributed by atoms with Gasteiger partial charge in [-0.2, -0.15) is 0 Å². The molecule has 1 aromatic carbocycles. The molecule has 1 heterocycles. The maximum Gasteiger partial charge on any atom is 0.335 e. The van der Waals surface area contributed by atoms with Crippen LogP contribution in [0.5, 0.6) is 0 Å². The number of carbonyl (C=O) groups is 4. The molecule has 0 saturated heterocycles. The van der Waals surface area contributed by atoms with Crippen LogP contribution < -0.4 is 5.73 Å². The maximum absolute atomic E-state index is 12.3. The average molecular weight is 306 g/mol. The van der Waals surface area contributed by atoms with Crippen molar-refractivity contribution in [1.29, 1.82) is 0 Å². The molecule has 2 amide bonds. The van der Waals surface area contributed by atoms with Crippen LogP contribution in [0.2, 0.25) is 0 Å². The molecule has 2 rings (SSSR count). The van der Waals surface area contributed by atoms with Crippen LogP contribution in [0.4, 0.5) is 0 Å². The number of benzene rings is 1. The van der Waals surface area contributed by atoms with Crippen molar-refractivity contribution in [3.63, 3.8) is 0 Å². The molecule has 1 aliphatic rings. The Balaban J connectivity index is 2.26. The van der Waals surface area contributed by atoms with E-state index in [0.717, 1.165) is 0 Å². The lowest BCUT2D eigenvalue weighted by atomic mass is 10.1. The minimum Gasteiger partial charge on any atom is -0.481 e. The van der Waals surface area contributed by atoms with E-state index in [1.165, 1.54) is 23.1 Å². The molecule has 0 saturated carbocycles. The smallest absolute Gasteiger partial charge is 0.335 e. The molecule has 1 atom stereocenters. The predicted molar refractivity (Wildman–Crippen MR) is 73.1 cm³/mol. The number of primary amides is 1. The Morgan fingerprint density at radius 3 is 2.50 bits per heavy atom. The number of rotatable bonds is 6. The monoisotopic (exact) mass is 306 g/mol. The number of hydrogen-bond acceptors (Lipinski definition) is 4. The van der Waals surface area contributed by atoms with Crippen molar-refractivity contribution < 1.29 is 29.4 Å². The van der Waals surface area contributed by atoms with E-state index in [1.54, 1.807) is 0 Å². The number of aromatic carboxylic acids is 1. The van der Waals surface area contributed by atoms with Crippen LogP contribution in [-0.4, -0.2) is 44.9 Å². The van der Waals surface area contributed by atoms with Crippen LogP contribution in [0.15, 0.2) is 18.2 Å². The molecule has 0 aliphatic carbocycles. The Hall–Kier alpha value is -2.90. The van der Waals surface area contributed by atoms with Gasteiger partial charge in [0.2, 0.25) is 5.91 Å². The highest BCUT2D eigenvalue weighted by molar-refractivity contribution is 6.02. The minimum atomic E-state index is -1.12. The Morgan fingerprint density at radius 2 is 1.95 bits per heavy atom. The Labute approximate surface area is 125 Å². The van der Waals surface area contributed by atoms with Gasteiger partial charge >= 0.3 is 11.9 Å². The second-order valence-electron chi connectivity index (χ2n) is 4.96. The van der Waals surface area contributed by atoms with Crippen molar-refractivity contribution >= 4 is 23.8 Å². The zero-order valence-electron chi connectivity index (χ0n) is 11.5. The topological polar surface area (TPSA) is 138 Å². The van der Waals surface area contributed by atoms with Crippen molar-refractivity contribution in [3.8, 4) is 0 Å². The summed E-state index contributed by atoms with van der Waals surface area (Å²) in [4.78, 5) is 46.6. The first-order valence-corrected chi connectivity index (χ1v) is 6.49. The normalized spacial score (nSPS) is 14.5. The van der Waals surface area contributed by atoms with Gasteiger partial charge in [-0.25, -0.2) is 4.79 Å². The number of nitrogens with zero attached hydrogens (tertiary/aromatic N) is 1. The number of fused-ring (bicyclic) bond motifs is 1. The molecule has 22 heavy (non-hydrogen) atoms. The van der Waals surface area contributed by atoms with Gasteiger partial charge in [-0.3, -0.25) is 14.4 Å². The molecule has 8 heteroatoms. The second-order valence-corrected chi connectivity index (χ2v) is 4.96. The summed E-state index contributed by atoms with van der Waals surface area (Å²) < 4.78 is 0. The predicted octanol–water partition coefficient (Wildman–Crippen LogP) is 0.0593. The van der Waals surface area contributed by atoms with Crippen LogP contribution >= 0.6 is 0 Å². The van der Waals surface area contributed by atoms with Crippen molar-refractivity contribution in [2.45, 2.75) is 25.4 Å². The summed E-state index contributed by atoms with van der Waals surface area (Å²) in [5.41, 5.74) is 6.07. The van der Waals surface area contributed by atoms with Crippen LogP contribution in [0.25, 0.3) is 0 Å². The maximum atomic E-state index is 12.3. The van der Waals surface area contributed by atoms with E-state index in [1.807, 2.05) is 0 Å². The molecule has 0 fully saturated rings. The first-order chi connectivity index (χ1) is 10.3. The zero-order valence-corrected chi connectivity index (χ0v) is 11.5. The molecule has 0 bridgehead atoms. The largest absolute Gasteiger partial charge is 0.481 e. The standard InChI is InChI=1S/C14H14N2O6/c15-12(19)10(3-4-11(17)18)16-6-8-5-7(14(21)22)1-2-9(8)13(16)20/h1-2,5,10H,3-4,6H2,(H2,15,19)(H,17,18)(H,21,22)/t10-/m1/s1. The Kier molecular flexibility index (Phi) is 4.11. The Bertz CT molecular complexity index is 669. The van der Waals surface area contributed by atoms with E-state index in [0.29, 0.717) is 11.1 Å². The quantitative estimate of drug-likeness (QED) is 0.679. The number of aliphatic carboxylic acids is 1.